The Bertz CT molecular complexity index is 168. The van der Waals surface area contributed by atoms with Crippen molar-refractivity contribution < 1.29 is 0 Å². The Morgan fingerprint density at radius 2 is 2.50 bits per heavy atom. The van der Waals surface area contributed by atoms with Gasteiger partial charge in [-0.1, -0.05) is 0 Å². The van der Waals surface area contributed by atoms with Gasteiger partial charge >= 0.3 is 0 Å². The Kier molecular flexibility index (Phi) is 1.56. The molecule has 0 unspecified atom stereocenters. The summed E-state index contributed by atoms with van der Waals surface area (Å²) in [5.41, 5.74) is 5.80. The van der Waals surface area contributed by atoms with E-state index in [1.54, 1.807) is 0 Å². The molecule has 3 N–H and O–H groups in total. The summed E-state index contributed by atoms with van der Waals surface area (Å²) in [6, 6.07) is 1.92. The zero-order valence-electron chi connectivity index (χ0n) is 3.84. The highest BCUT2D eigenvalue weighted by atomic mass is 33.1. The number of nitrogens with zero attached hydrogens (tertiary/aromatic N) is 1. The fourth-order valence-corrected chi connectivity index (χ4v) is 1.79. The van der Waals surface area contributed by atoms with Crippen molar-refractivity contribution in [3.05, 3.63) is 10.7 Å². The molecule has 0 saturated carbocycles. The number of allylic oxidation sites excluding steroid dienone is 1. The normalized spacial score (nSPS) is 17.9. The molecule has 0 aromatic heterocycles. The first kappa shape index (κ1) is 5.66. The second-order valence-corrected chi connectivity index (χ2v) is 3.10. The maximum atomic E-state index is 8.26. The second-order valence-electron chi connectivity index (χ2n) is 1.12. The Balaban J connectivity index is 2.77. The molecule has 0 aromatic carbocycles. The molecule has 5 heteroatoms. The van der Waals surface area contributed by atoms with Gasteiger partial charge in [0.1, 0.15) is 11.1 Å². The van der Waals surface area contributed by atoms with Gasteiger partial charge in [0.2, 0.25) is 0 Å². The fraction of sp³-hybridized carbons (Fsp3) is 0. The lowest BCUT2D eigenvalue weighted by molar-refractivity contribution is 1.26. The highest BCUT2D eigenvalue weighted by molar-refractivity contribution is 8.77. The first-order valence-corrected chi connectivity index (χ1v) is 3.99. The number of hydrogen-bond acceptors (Lipinski definition) is 5. The summed E-state index contributed by atoms with van der Waals surface area (Å²) in [7, 11) is 2.73. The molecule has 0 saturated heterocycles. The van der Waals surface area contributed by atoms with Crippen LogP contribution in [0.1, 0.15) is 0 Å². The number of rotatable bonds is 0. The monoisotopic (exact) mass is 145 g/mol. The van der Waals surface area contributed by atoms with Gasteiger partial charge in [-0.2, -0.15) is 5.26 Å². The maximum Gasteiger partial charge on any atom is 0.155 e. The van der Waals surface area contributed by atoms with Crippen molar-refractivity contribution in [1.29, 1.82) is 5.26 Å². The molecule has 1 aliphatic rings. The summed E-state index contributed by atoms with van der Waals surface area (Å²) in [5, 5.41) is 8.83. The van der Waals surface area contributed by atoms with Crippen LogP contribution in [0.2, 0.25) is 0 Å². The highest BCUT2D eigenvalue weighted by Gasteiger charge is 2.10. The van der Waals surface area contributed by atoms with Gasteiger partial charge in [-0.3, -0.25) is 0 Å². The Morgan fingerprint density at radius 1 is 1.75 bits per heavy atom. The minimum atomic E-state index is 0.472. The summed E-state index contributed by atoms with van der Waals surface area (Å²) < 4.78 is 2.73. The molecule has 0 radical (unpaired) electrons. The molecular weight excluding hydrogens is 142 g/mol. The molecule has 8 heavy (non-hydrogen) atoms. The van der Waals surface area contributed by atoms with Crippen molar-refractivity contribution >= 4 is 21.8 Å². The van der Waals surface area contributed by atoms with Gasteiger partial charge in [0.15, 0.2) is 5.70 Å². The van der Waals surface area contributed by atoms with Gasteiger partial charge in [0, 0.05) is 11.0 Å². The standard InChI is InChI=1S/C3H3N3S2/c4-1-2-3(5)7-8-6-2/h6H,5H2. The van der Waals surface area contributed by atoms with E-state index in [9.17, 15) is 0 Å². The van der Waals surface area contributed by atoms with Gasteiger partial charge in [-0.15, -0.1) is 0 Å². The van der Waals surface area contributed by atoms with E-state index in [4.69, 9.17) is 11.0 Å². The van der Waals surface area contributed by atoms with Gasteiger partial charge in [0.25, 0.3) is 0 Å². The van der Waals surface area contributed by atoms with E-state index in [1.807, 2.05) is 6.07 Å². The molecular formula is C3H3N3S2. The van der Waals surface area contributed by atoms with E-state index in [0.717, 1.165) is 0 Å². The van der Waals surface area contributed by atoms with Crippen LogP contribution in [-0.2, 0) is 0 Å². The van der Waals surface area contributed by atoms with Crippen molar-refractivity contribution in [2.45, 2.75) is 0 Å². The SMILES string of the molecule is N#CC1=C(N)SSN1. The minimum absolute atomic E-state index is 0.472. The lowest BCUT2D eigenvalue weighted by atomic mass is 10.5. The summed E-state index contributed by atoms with van der Waals surface area (Å²) in [6.45, 7) is 0. The van der Waals surface area contributed by atoms with Crippen LogP contribution < -0.4 is 10.5 Å². The number of nitrogens with one attached hydrogen (secondary N) is 1. The van der Waals surface area contributed by atoms with Crippen LogP contribution >= 0.6 is 21.8 Å². The number of nitriles is 1. The van der Waals surface area contributed by atoms with Crippen LogP contribution in [0.15, 0.2) is 10.7 Å². The zero-order chi connectivity index (χ0) is 5.98. The van der Waals surface area contributed by atoms with E-state index >= 15 is 0 Å². The first-order chi connectivity index (χ1) is 3.84. The molecule has 42 valence electrons. The molecule has 3 nitrogen and oxygen atoms in total. The van der Waals surface area contributed by atoms with E-state index in [-0.39, 0.29) is 0 Å². The summed E-state index contributed by atoms with van der Waals surface area (Å²) in [5.74, 6) is 0. The molecule has 0 aromatic rings. The molecule has 0 fully saturated rings. The zero-order valence-corrected chi connectivity index (χ0v) is 5.47. The smallest absolute Gasteiger partial charge is 0.155 e. The summed E-state index contributed by atoms with van der Waals surface area (Å²) in [4.78, 5) is 0. The van der Waals surface area contributed by atoms with Crippen LogP contribution in [0.25, 0.3) is 0 Å². The van der Waals surface area contributed by atoms with Gasteiger partial charge in [0.05, 0.1) is 0 Å². The predicted octanol–water partition coefficient (Wildman–Crippen LogP) is 0.537. The van der Waals surface area contributed by atoms with Crippen molar-refractivity contribution in [3.8, 4) is 6.07 Å². The van der Waals surface area contributed by atoms with Gasteiger partial charge in [-0.25, -0.2) is 0 Å². The third kappa shape index (κ3) is 0.854. The van der Waals surface area contributed by atoms with E-state index < -0.39 is 0 Å². The van der Waals surface area contributed by atoms with Crippen LogP contribution in [0.5, 0.6) is 0 Å². The number of hydrogen-bond donors (Lipinski definition) is 2. The Labute approximate surface area is 54.8 Å². The van der Waals surface area contributed by atoms with Crippen LogP contribution in [-0.4, -0.2) is 0 Å². The fourth-order valence-electron chi connectivity index (χ4n) is 0.277. The molecule has 1 rings (SSSR count). The molecule has 0 spiro atoms. The third-order valence-electron chi connectivity index (χ3n) is 0.633. The average molecular weight is 145 g/mol. The van der Waals surface area contributed by atoms with Crippen molar-refractivity contribution in [2.75, 3.05) is 0 Å². The largest absolute Gasteiger partial charge is 0.390 e. The van der Waals surface area contributed by atoms with E-state index in [0.29, 0.717) is 10.7 Å². The highest BCUT2D eigenvalue weighted by Crippen LogP contribution is 2.32. The van der Waals surface area contributed by atoms with Gasteiger partial charge in [-0.05, 0) is 10.8 Å². The van der Waals surface area contributed by atoms with E-state index in [1.165, 1.54) is 21.8 Å². The lowest BCUT2D eigenvalue weighted by Crippen LogP contribution is -1.99. The van der Waals surface area contributed by atoms with Gasteiger partial charge < -0.3 is 10.5 Å². The van der Waals surface area contributed by atoms with Crippen LogP contribution in [0.4, 0.5) is 0 Å². The quantitative estimate of drug-likeness (QED) is 0.385. The Morgan fingerprint density at radius 3 is 2.75 bits per heavy atom. The molecule has 1 heterocycles. The molecule has 0 amide bonds. The Hall–Kier alpha value is -0.470. The van der Waals surface area contributed by atoms with Crippen LogP contribution in [0.3, 0.4) is 0 Å². The minimum Gasteiger partial charge on any atom is -0.390 e. The third-order valence-corrected chi connectivity index (χ3v) is 2.43. The topological polar surface area (TPSA) is 61.8 Å². The summed E-state index contributed by atoms with van der Waals surface area (Å²) in [6.07, 6.45) is 0. The summed E-state index contributed by atoms with van der Waals surface area (Å²) >= 11 is 0. The van der Waals surface area contributed by atoms with Crippen LogP contribution in [0, 0.1) is 11.3 Å². The molecule has 0 atom stereocenters. The second kappa shape index (κ2) is 2.20. The van der Waals surface area contributed by atoms with Crippen molar-refractivity contribution in [2.24, 2.45) is 5.73 Å². The van der Waals surface area contributed by atoms with Crippen molar-refractivity contribution in [1.82, 2.24) is 4.72 Å². The number of nitrogens with two attached hydrogens (primary N) is 1. The lowest BCUT2D eigenvalue weighted by Gasteiger charge is -1.83. The molecule has 1 aliphatic heterocycles. The predicted molar refractivity (Wildman–Crippen MR) is 35.1 cm³/mol. The van der Waals surface area contributed by atoms with Crippen molar-refractivity contribution in [3.63, 3.8) is 0 Å². The average Bonchev–Trinajstić information content (AvgIpc) is 2.14. The molecule has 0 bridgehead atoms. The first-order valence-electron chi connectivity index (χ1n) is 1.84. The molecule has 0 aliphatic carbocycles. The maximum absolute atomic E-state index is 8.26. The van der Waals surface area contributed by atoms with E-state index in [2.05, 4.69) is 4.72 Å².